The highest BCUT2D eigenvalue weighted by Gasteiger charge is 2.35. The first-order valence-electron chi connectivity index (χ1n) is 10.4. The maximum Gasteiger partial charge on any atom is 0.435 e. The molecule has 0 aliphatic carbocycles. The fourth-order valence-electron chi connectivity index (χ4n) is 3.28. The topological polar surface area (TPSA) is 59.3 Å². The molecule has 36 heavy (non-hydrogen) atoms. The third-order valence-corrected chi connectivity index (χ3v) is 5.42. The second-order valence-electron chi connectivity index (χ2n) is 7.58. The number of alkyl halides is 3. The summed E-state index contributed by atoms with van der Waals surface area (Å²) >= 11 is 11.9. The molecule has 0 bridgehead atoms. The summed E-state index contributed by atoms with van der Waals surface area (Å²) in [6.07, 6.45) is -4.97. The smallest absolute Gasteiger partial charge is 0.310 e. The number of halogens is 6. The molecule has 1 N–H and O–H groups in total. The predicted molar refractivity (Wildman–Crippen MR) is 130 cm³/mol. The summed E-state index contributed by atoms with van der Waals surface area (Å²) in [4.78, 5) is 17.3. The molecule has 1 aromatic heterocycles. The van der Waals surface area contributed by atoms with Gasteiger partial charge in [0.2, 0.25) is 0 Å². The first-order chi connectivity index (χ1) is 17.1. The van der Waals surface area contributed by atoms with Crippen LogP contribution in [0.25, 0.3) is 5.69 Å². The van der Waals surface area contributed by atoms with E-state index in [2.05, 4.69) is 15.4 Å². The molecule has 0 spiro atoms. The monoisotopic (exact) mass is 534 g/mol. The molecular weight excluding hydrogens is 519 g/mol. The quantitative estimate of drug-likeness (QED) is 0.169. The molecule has 4 rings (SSSR count). The molecule has 11 heteroatoms. The Morgan fingerprint density at radius 1 is 0.944 bits per heavy atom. The number of benzene rings is 3. The minimum Gasteiger partial charge on any atom is -0.310 e. The van der Waals surface area contributed by atoms with Crippen LogP contribution < -0.4 is 5.32 Å². The summed E-state index contributed by atoms with van der Waals surface area (Å²) in [5.74, 6) is -1.06. The van der Waals surface area contributed by atoms with Gasteiger partial charge in [-0.15, -0.1) is 0 Å². The zero-order chi connectivity index (χ0) is 25.9. The first-order valence-corrected chi connectivity index (χ1v) is 11.2. The Hall–Kier alpha value is -3.69. The van der Waals surface area contributed by atoms with E-state index in [0.717, 1.165) is 22.9 Å². The lowest BCUT2D eigenvalue weighted by molar-refractivity contribution is -0.141. The van der Waals surface area contributed by atoms with Crippen LogP contribution in [-0.4, -0.2) is 21.5 Å². The second kappa shape index (κ2) is 10.5. The number of amidine groups is 1. The van der Waals surface area contributed by atoms with Gasteiger partial charge in [-0.2, -0.15) is 18.3 Å². The normalized spacial score (nSPS) is 12.0. The Kier molecular flexibility index (Phi) is 7.42. The molecule has 0 atom stereocenters. The van der Waals surface area contributed by atoms with E-state index < -0.39 is 23.6 Å². The molecule has 0 unspecified atom stereocenters. The molecule has 1 amide bonds. The van der Waals surface area contributed by atoms with Crippen LogP contribution in [0.5, 0.6) is 0 Å². The molecule has 5 nitrogen and oxygen atoms in total. The molecule has 0 fully saturated rings. The SMILES string of the molecule is O=C(NC(Cc1cc(C(F)(F)F)nn1-c1ccc(F)cc1)=Nc1cccc(Cl)c1)c1ccc(Cl)cc1. The Labute approximate surface area is 213 Å². The number of aromatic nitrogens is 2. The summed E-state index contributed by atoms with van der Waals surface area (Å²) in [7, 11) is 0. The van der Waals surface area contributed by atoms with Crippen molar-refractivity contribution in [3.8, 4) is 5.69 Å². The molecule has 3 aromatic carbocycles. The fraction of sp³-hybridized carbons (Fsp3) is 0.0800. The van der Waals surface area contributed by atoms with Gasteiger partial charge in [0, 0.05) is 22.0 Å². The minimum atomic E-state index is -4.73. The Balaban J connectivity index is 1.75. The largest absolute Gasteiger partial charge is 0.435 e. The van der Waals surface area contributed by atoms with Crippen molar-refractivity contribution < 1.29 is 22.4 Å². The average molecular weight is 535 g/mol. The van der Waals surface area contributed by atoms with Crippen LogP contribution in [-0.2, 0) is 12.6 Å². The van der Waals surface area contributed by atoms with Gasteiger partial charge in [0.15, 0.2) is 5.69 Å². The Morgan fingerprint density at radius 3 is 2.28 bits per heavy atom. The van der Waals surface area contributed by atoms with E-state index in [1.165, 1.54) is 42.5 Å². The number of amides is 1. The van der Waals surface area contributed by atoms with Crippen LogP contribution in [0.2, 0.25) is 10.0 Å². The van der Waals surface area contributed by atoms with Crippen molar-refractivity contribution in [3.63, 3.8) is 0 Å². The molecular formula is C25H16Cl2F4N4O. The van der Waals surface area contributed by atoms with Gasteiger partial charge in [0.1, 0.15) is 11.7 Å². The van der Waals surface area contributed by atoms with Crippen LogP contribution in [0, 0.1) is 5.82 Å². The van der Waals surface area contributed by atoms with Crippen LogP contribution >= 0.6 is 23.2 Å². The summed E-state index contributed by atoms with van der Waals surface area (Å²) in [5.41, 5.74) is -0.244. The highest BCUT2D eigenvalue weighted by molar-refractivity contribution is 6.31. The number of carbonyl (C=O) groups is 1. The number of nitrogens with zero attached hydrogens (tertiary/aromatic N) is 3. The number of carbonyl (C=O) groups excluding carboxylic acids is 1. The van der Waals surface area contributed by atoms with Gasteiger partial charge in [-0.3, -0.25) is 4.79 Å². The first kappa shape index (κ1) is 25.4. The van der Waals surface area contributed by atoms with Crippen LogP contribution in [0.4, 0.5) is 23.2 Å². The van der Waals surface area contributed by atoms with Gasteiger partial charge in [-0.25, -0.2) is 14.1 Å². The van der Waals surface area contributed by atoms with E-state index in [0.29, 0.717) is 15.7 Å². The maximum absolute atomic E-state index is 13.5. The molecule has 0 saturated heterocycles. The fourth-order valence-corrected chi connectivity index (χ4v) is 3.59. The Bertz CT molecular complexity index is 1420. The van der Waals surface area contributed by atoms with Gasteiger partial charge in [-0.1, -0.05) is 29.3 Å². The van der Waals surface area contributed by atoms with Crippen molar-refractivity contribution in [2.24, 2.45) is 4.99 Å². The third-order valence-electron chi connectivity index (χ3n) is 4.93. The molecule has 0 aliphatic rings. The van der Waals surface area contributed by atoms with Crippen molar-refractivity contribution in [2.45, 2.75) is 12.6 Å². The maximum atomic E-state index is 13.5. The van der Waals surface area contributed by atoms with E-state index >= 15 is 0 Å². The number of nitrogens with one attached hydrogen (secondary N) is 1. The Morgan fingerprint density at radius 2 is 1.64 bits per heavy atom. The van der Waals surface area contributed by atoms with Crippen molar-refractivity contribution in [3.05, 3.63) is 112 Å². The van der Waals surface area contributed by atoms with E-state index in [4.69, 9.17) is 23.2 Å². The highest BCUT2D eigenvalue weighted by Crippen LogP contribution is 2.30. The molecule has 0 saturated carbocycles. The van der Waals surface area contributed by atoms with Gasteiger partial charge >= 0.3 is 6.18 Å². The lowest BCUT2D eigenvalue weighted by atomic mass is 10.2. The van der Waals surface area contributed by atoms with Crippen LogP contribution in [0.1, 0.15) is 21.7 Å². The summed E-state index contributed by atoms with van der Waals surface area (Å²) in [6, 6.07) is 18.2. The highest BCUT2D eigenvalue weighted by atomic mass is 35.5. The van der Waals surface area contributed by atoms with Crippen molar-refractivity contribution in [2.75, 3.05) is 0 Å². The van der Waals surface area contributed by atoms with Crippen molar-refractivity contribution >= 4 is 40.6 Å². The summed E-state index contributed by atoms with van der Waals surface area (Å²) in [5, 5.41) is 7.13. The lowest BCUT2D eigenvalue weighted by Crippen LogP contribution is -2.32. The minimum absolute atomic E-state index is 0.0363. The lowest BCUT2D eigenvalue weighted by Gasteiger charge is -2.12. The van der Waals surface area contributed by atoms with Gasteiger partial charge in [0.25, 0.3) is 5.91 Å². The number of hydrogen-bond acceptors (Lipinski definition) is 3. The average Bonchev–Trinajstić information content (AvgIpc) is 3.24. The van der Waals surface area contributed by atoms with Gasteiger partial charge in [0.05, 0.1) is 17.1 Å². The van der Waals surface area contributed by atoms with Crippen LogP contribution in [0.3, 0.4) is 0 Å². The molecule has 4 aromatic rings. The third kappa shape index (κ3) is 6.30. The zero-order valence-electron chi connectivity index (χ0n) is 18.2. The molecule has 0 aliphatic heterocycles. The van der Waals surface area contributed by atoms with E-state index in [9.17, 15) is 22.4 Å². The molecule has 0 radical (unpaired) electrons. The van der Waals surface area contributed by atoms with Crippen LogP contribution in [0.15, 0.2) is 83.9 Å². The second-order valence-corrected chi connectivity index (χ2v) is 8.46. The number of aliphatic imine (C=N–C) groups is 1. The number of hydrogen-bond donors (Lipinski definition) is 1. The van der Waals surface area contributed by atoms with Gasteiger partial charge < -0.3 is 5.32 Å². The van der Waals surface area contributed by atoms with E-state index in [-0.39, 0.29) is 29.2 Å². The van der Waals surface area contributed by atoms with Gasteiger partial charge in [-0.05, 0) is 72.8 Å². The zero-order valence-corrected chi connectivity index (χ0v) is 19.7. The van der Waals surface area contributed by atoms with E-state index in [1.807, 2.05) is 0 Å². The van der Waals surface area contributed by atoms with E-state index in [1.54, 1.807) is 18.2 Å². The molecule has 184 valence electrons. The standard InChI is InChI=1S/C25H16Cl2F4N4O/c26-16-6-4-15(5-7-16)24(36)33-23(32-19-3-1-2-17(27)12-19)14-21-13-22(25(29,30)31)34-35(21)20-10-8-18(28)9-11-20/h1-13H,14H2,(H,32,33,36). The molecule has 1 heterocycles. The summed E-state index contributed by atoms with van der Waals surface area (Å²) in [6.45, 7) is 0. The summed E-state index contributed by atoms with van der Waals surface area (Å²) < 4.78 is 54.9. The van der Waals surface area contributed by atoms with Crippen molar-refractivity contribution in [1.82, 2.24) is 15.1 Å². The predicted octanol–water partition coefficient (Wildman–Crippen LogP) is 7.04. The van der Waals surface area contributed by atoms with Crippen molar-refractivity contribution in [1.29, 1.82) is 0 Å². The number of rotatable bonds is 5.